The number of hydrogen-bond donors (Lipinski definition) is 2. The average molecular weight is 175 g/mol. The van der Waals surface area contributed by atoms with Gasteiger partial charge in [-0.1, -0.05) is 13.3 Å². The van der Waals surface area contributed by atoms with Crippen molar-refractivity contribution in [1.82, 2.24) is 0 Å². The van der Waals surface area contributed by atoms with Crippen molar-refractivity contribution in [3.05, 3.63) is 0 Å². The van der Waals surface area contributed by atoms with Crippen LogP contribution in [0, 0.1) is 0 Å². The third-order valence-corrected chi connectivity index (χ3v) is 1.53. The first-order chi connectivity index (χ1) is 5.59. The van der Waals surface area contributed by atoms with Crippen LogP contribution in [0.1, 0.15) is 26.7 Å². The zero-order valence-electron chi connectivity index (χ0n) is 7.62. The molecule has 3 N–H and O–H groups in total. The molecule has 0 saturated heterocycles. The van der Waals surface area contributed by atoms with Gasteiger partial charge in [0.25, 0.3) is 0 Å². The maximum Gasteiger partial charge on any atom is 0.325 e. The van der Waals surface area contributed by atoms with Crippen LogP contribution in [0.2, 0.25) is 0 Å². The number of hydrogen-bond acceptors (Lipinski definition) is 4. The first kappa shape index (κ1) is 11.4. The molecule has 0 bridgehead atoms. The van der Waals surface area contributed by atoms with Crippen molar-refractivity contribution in [3.8, 4) is 0 Å². The van der Waals surface area contributed by atoms with Crippen molar-refractivity contribution in [3.63, 3.8) is 0 Å². The Morgan fingerprint density at radius 1 is 1.67 bits per heavy atom. The number of esters is 1. The lowest BCUT2D eigenvalue weighted by molar-refractivity contribution is -0.147. The molecular formula is C8H17NO3. The topological polar surface area (TPSA) is 72.5 Å². The molecule has 0 aromatic carbocycles. The molecule has 4 heteroatoms. The molecule has 4 nitrogen and oxygen atoms in total. The van der Waals surface area contributed by atoms with E-state index in [0.717, 1.165) is 12.8 Å². The second-order valence-corrected chi connectivity index (χ2v) is 2.79. The summed E-state index contributed by atoms with van der Waals surface area (Å²) < 4.78 is 4.78. The predicted octanol–water partition coefficient (Wildman–Crippen LogP) is 0.0378. The summed E-state index contributed by atoms with van der Waals surface area (Å²) in [6, 6.07) is -0.915. The van der Waals surface area contributed by atoms with Gasteiger partial charge in [-0.2, -0.15) is 0 Å². The van der Waals surface area contributed by atoms with Crippen LogP contribution in [0.5, 0.6) is 0 Å². The summed E-state index contributed by atoms with van der Waals surface area (Å²) in [5, 5.41) is 8.92. The van der Waals surface area contributed by atoms with Gasteiger partial charge in [0.1, 0.15) is 6.04 Å². The van der Waals surface area contributed by atoms with E-state index < -0.39 is 18.1 Å². The minimum atomic E-state index is -0.915. The van der Waals surface area contributed by atoms with Crippen LogP contribution in [0.25, 0.3) is 0 Å². The molecule has 0 aliphatic rings. The van der Waals surface area contributed by atoms with Crippen molar-refractivity contribution in [2.24, 2.45) is 5.73 Å². The summed E-state index contributed by atoms with van der Waals surface area (Å²) in [5.41, 5.74) is 5.32. The van der Waals surface area contributed by atoms with Crippen LogP contribution in [-0.4, -0.2) is 29.8 Å². The fourth-order valence-electron chi connectivity index (χ4n) is 0.610. The number of ether oxygens (including phenoxy) is 1. The van der Waals surface area contributed by atoms with Crippen LogP contribution in [-0.2, 0) is 9.53 Å². The fourth-order valence-corrected chi connectivity index (χ4v) is 0.610. The smallest absolute Gasteiger partial charge is 0.325 e. The van der Waals surface area contributed by atoms with Crippen molar-refractivity contribution >= 4 is 5.97 Å². The highest BCUT2D eigenvalue weighted by Gasteiger charge is 2.19. The first-order valence-corrected chi connectivity index (χ1v) is 4.19. The number of unbranched alkanes of at least 4 members (excludes halogenated alkanes) is 1. The SMILES string of the molecule is CCCCOC(=O)[C@@H](N)[C@@H](C)O. The van der Waals surface area contributed by atoms with Crippen LogP contribution >= 0.6 is 0 Å². The molecule has 0 saturated carbocycles. The first-order valence-electron chi connectivity index (χ1n) is 4.19. The van der Waals surface area contributed by atoms with E-state index in [-0.39, 0.29) is 0 Å². The van der Waals surface area contributed by atoms with E-state index in [9.17, 15) is 4.79 Å². The van der Waals surface area contributed by atoms with Crippen LogP contribution in [0.15, 0.2) is 0 Å². The quantitative estimate of drug-likeness (QED) is 0.457. The minimum absolute atomic E-state index is 0.385. The van der Waals surface area contributed by atoms with Gasteiger partial charge in [0, 0.05) is 0 Å². The van der Waals surface area contributed by atoms with Gasteiger partial charge in [-0.25, -0.2) is 0 Å². The van der Waals surface area contributed by atoms with Gasteiger partial charge in [0.05, 0.1) is 12.7 Å². The summed E-state index contributed by atoms with van der Waals surface area (Å²) >= 11 is 0. The molecule has 72 valence electrons. The second kappa shape index (κ2) is 5.97. The number of carbonyl (C=O) groups is 1. The van der Waals surface area contributed by atoms with Gasteiger partial charge in [-0.05, 0) is 13.3 Å². The molecule has 2 atom stereocenters. The predicted molar refractivity (Wildman–Crippen MR) is 45.5 cm³/mol. The Morgan fingerprint density at radius 2 is 2.25 bits per heavy atom. The van der Waals surface area contributed by atoms with Crippen molar-refractivity contribution in [1.29, 1.82) is 0 Å². The van der Waals surface area contributed by atoms with Crippen LogP contribution < -0.4 is 5.73 Å². The van der Waals surface area contributed by atoms with Gasteiger partial charge < -0.3 is 15.6 Å². The number of aliphatic hydroxyl groups excluding tert-OH is 1. The van der Waals surface area contributed by atoms with E-state index in [4.69, 9.17) is 15.6 Å². The normalized spacial score (nSPS) is 15.3. The van der Waals surface area contributed by atoms with E-state index in [1.54, 1.807) is 0 Å². The van der Waals surface area contributed by atoms with Gasteiger partial charge in [-0.3, -0.25) is 4.79 Å². The molecule has 0 rings (SSSR count). The molecule has 0 fully saturated rings. The molecule has 0 aliphatic heterocycles. The Balaban J connectivity index is 3.57. The van der Waals surface area contributed by atoms with E-state index in [0.29, 0.717) is 6.61 Å². The molecule has 0 amide bonds. The van der Waals surface area contributed by atoms with Crippen molar-refractivity contribution in [2.45, 2.75) is 38.8 Å². The molecule has 0 aliphatic carbocycles. The maximum absolute atomic E-state index is 11.0. The van der Waals surface area contributed by atoms with Gasteiger partial charge in [0.2, 0.25) is 0 Å². The largest absolute Gasteiger partial charge is 0.464 e. The standard InChI is InChI=1S/C8H17NO3/c1-3-4-5-12-8(11)7(9)6(2)10/h6-7,10H,3-5,9H2,1-2H3/t6-,7+/m1/s1. The van der Waals surface area contributed by atoms with Crippen molar-refractivity contribution < 1.29 is 14.6 Å². The van der Waals surface area contributed by atoms with E-state index >= 15 is 0 Å². The lowest BCUT2D eigenvalue weighted by atomic mass is 10.2. The van der Waals surface area contributed by atoms with E-state index in [1.165, 1.54) is 6.92 Å². The Kier molecular flexibility index (Phi) is 5.66. The molecule has 0 heterocycles. The molecule has 0 radical (unpaired) electrons. The van der Waals surface area contributed by atoms with E-state index in [1.807, 2.05) is 6.92 Å². The zero-order chi connectivity index (χ0) is 9.56. The highest BCUT2D eigenvalue weighted by atomic mass is 16.5. The van der Waals surface area contributed by atoms with Gasteiger partial charge >= 0.3 is 5.97 Å². The third kappa shape index (κ3) is 4.31. The lowest BCUT2D eigenvalue weighted by Crippen LogP contribution is -2.41. The highest BCUT2D eigenvalue weighted by Crippen LogP contribution is 1.95. The number of nitrogens with two attached hydrogens (primary N) is 1. The average Bonchev–Trinajstić information content (AvgIpc) is 2.03. The monoisotopic (exact) mass is 175 g/mol. The Bertz CT molecular complexity index is 136. The Hall–Kier alpha value is -0.610. The number of rotatable bonds is 5. The molecule has 0 aromatic rings. The Morgan fingerprint density at radius 3 is 2.67 bits per heavy atom. The summed E-state index contributed by atoms with van der Waals surface area (Å²) in [6.45, 7) is 3.85. The van der Waals surface area contributed by atoms with Gasteiger partial charge in [-0.15, -0.1) is 0 Å². The number of carbonyl (C=O) groups excluding carboxylic acids is 1. The summed E-state index contributed by atoms with van der Waals surface area (Å²) in [5.74, 6) is -0.529. The van der Waals surface area contributed by atoms with Crippen LogP contribution in [0.3, 0.4) is 0 Å². The summed E-state index contributed by atoms with van der Waals surface area (Å²) in [6.07, 6.45) is 0.953. The molecule has 12 heavy (non-hydrogen) atoms. The molecular weight excluding hydrogens is 158 g/mol. The molecule has 0 aromatic heterocycles. The zero-order valence-corrected chi connectivity index (χ0v) is 7.62. The molecule has 0 spiro atoms. The molecule has 0 unspecified atom stereocenters. The van der Waals surface area contributed by atoms with Crippen LogP contribution in [0.4, 0.5) is 0 Å². The summed E-state index contributed by atoms with van der Waals surface area (Å²) in [4.78, 5) is 11.0. The van der Waals surface area contributed by atoms with Gasteiger partial charge in [0.15, 0.2) is 0 Å². The minimum Gasteiger partial charge on any atom is -0.464 e. The Labute approximate surface area is 72.7 Å². The maximum atomic E-state index is 11.0. The fraction of sp³-hybridized carbons (Fsp3) is 0.875. The highest BCUT2D eigenvalue weighted by molar-refractivity contribution is 5.76. The van der Waals surface area contributed by atoms with Crippen molar-refractivity contribution in [2.75, 3.05) is 6.61 Å². The second-order valence-electron chi connectivity index (χ2n) is 2.79. The number of aliphatic hydroxyl groups is 1. The summed E-state index contributed by atoms with van der Waals surface area (Å²) in [7, 11) is 0. The lowest BCUT2D eigenvalue weighted by Gasteiger charge is -2.13. The van der Waals surface area contributed by atoms with E-state index in [2.05, 4.69) is 0 Å². The third-order valence-electron chi connectivity index (χ3n) is 1.53.